The number of hydrogen-bond donors (Lipinski definition) is 0. The first kappa shape index (κ1) is 13.2. The summed E-state index contributed by atoms with van der Waals surface area (Å²) in [5.74, 6) is 1.62. The number of hydrogen-bond acceptors (Lipinski definition) is 2. The van der Waals surface area contributed by atoms with E-state index in [2.05, 4.69) is 15.9 Å². The topological polar surface area (TPSA) is 18.5 Å². The zero-order valence-corrected chi connectivity index (χ0v) is 11.9. The lowest BCUT2D eigenvalue weighted by atomic mass is 10.3. The van der Waals surface area contributed by atoms with Crippen LogP contribution in [0, 0.1) is 0 Å². The molecule has 0 aromatic heterocycles. The molecular weight excluding hydrogens is 316 g/mol. The fourth-order valence-corrected chi connectivity index (χ4v) is 1.77. The Labute approximate surface area is 120 Å². The van der Waals surface area contributed by atoms with Crippen LogP contribution >= 0.6 is 27.5 Å². The summed E-state index contributed by atoms with van der Waals surface area (Å²) in [5, 5.41) is 0.702. The molecular formula is C14H12BrClO2. The van der Waals surface area contributed by atoms with Crippen LogP contribution < -0.4 is 9.47 Å². The van der Waals surface area contributed by atoms with Gasteiger partial charge in [0.2, 0.25) is 0 Å². The first-order chi connectivity index (χ1) is 8.74. The Morgan fingerprint density at radius 3 is 1.72 bits per heavy atom. The molecule has 0 unspecified atom stereocenters. The maximum atomic E-state index is 5.78. The highest BCUT2D eigenvalue weighted by molar-refractivity contribution is 9.10. The first-order valence-electron chi connectivity index (χ1n) is 5.51. The van der Waals surface area contributed by atoms with Crippen LogP contribution in [0.25, 0.3) is 0 Å². The maximum Gasteiger partial charge on any atom is 0.122 e. The van der Waals surface area contributed by atoms with Gasteiger partial charge in [-0.3, -0.25) is 0 Å². The minimum absolute atomic E-state index is 0.498. The van der Waals surface area contributed by atoms with Crippen LogP contribution in [0.1, 0.15) is 0 Å². The van der Waals surface area contributed by atoms with Crippen molar-refractivity contribution in [2.75, 3.05) is 13.2 Å². The molecule has 0 amide bonds. The van der Waals surface area contributed by atoms with E-state index in [1.54, 1.807) is 12.1 Å². The molecule has 4 heteroatoms. The predicted octanol–water partition coefficient (Wildman–Crippen LogP) is 4.56. The maximum absolute atomic E-state index is 5.78. The van der Waals surface area contributed by atoms with Crippen molar-refractivity contribution >= 4 is 27.5 Å². The summed E-state index contributed by atoms with van der Waals surface area (Å²) in [6.45, 7) is 1.00. The molecule has 2 aromatic rings. The smallest absolute Gasteiger partial charge is 0.122 e. The fraction of sp³-hybridized carbons (Fsp3) is 0.143. The highest BCUT2D eigenvalue weighted by atomic mass is 79.9. The molecule has 2 aromatic carbocycles. The Bertz CT molecular complexity index is 435. The quantitative estimate of drug-likeness (QED) is 0.750. The monoisotopic (exact) mass is 326 g/mol. The van der Waals surface area contributed by atoms with Crippen molar-refractivity contribution < 1.29 is 9.47 Å². The number of benzene rings is 2. The van der Waals surface area contributed by atoms with Gasteiger partial charge in [-0.1, -0.05) is 27.5 Å². The van der Waals surface area contributed by atoms with Gasteiger partial charge in [0.05, 0.1) is 0 Å². The molecule has 0 radical (unpaired) electrons. The van der Waals surface area contributed by atoms with Gasteiger partial charge in [-0.25, -0.2) is 0 Å². The van der Waals surface area contributed by atoms with Gasteiger partial charge < -0.3 is 9.47 Å². The zero-order chi connectivity index (χ0) is 12.8. The fourth-order valence-electron chi connectivity index (χ4n) is 1.38. The lowest BCUT2D eigenvalue weighted by molar-refractivity contribution is 0.217. The van der Waals surface area contributed by atoms with Gasteiger partial charge in [-0.05, 0) is 48.5 Å². The van der Waals surface area contributed by atoms with Crippen molar-refractivity contribution in [1.29, 1.82) is 0 Å². The van der Waals surface area contributed by atoms with Crippen molar-refractivity contribution in [2.24, 2.45) is 0 Å². The summed E-state index contributed by atoms with van der Waals surface area (Å²) in [7, 11) is 0. The number of ether oxygens (including phenoxy) is 2. The summed E-state index contributed by atoms with van der Waals surface area (Å²) in [4.78, 5) is 0. The van der Waals surface area contributed by atoms with E-state index < -0.39 is 0 Å². The van der Waals surface area contributed by atoms with Gasteiger partial charge >= 0.3 is 0 Å². The largest absolute Gasteiger partial charge is 0.490 e. The van der Waals surface area contributed by atoms with Gasteiger partial charge in [-0.2, -0.15) is 0 Å². The summed E-state index contributed by atoms with van der Waals surface area (Å²) < 4.78 is 12.1. The normalized spacial score (nSPS) is 10.1. The summed E-state index contributed by atoms with van der Waals surface area (Å²) >= 11 is 9.15. The second kappa shape index (κ2) is 6.66. The van der Waals surface area contributed by atoms with Crippen LogP contribution in [0.4, 0.5) is 0 Å². The molecule has 0 spiro atoms. The molecule has 0 heterocycles. The van der Waals surface area contributed by atoms with Gasteiger partial charge in [0.15, 0.2) is 0 Å². The van der Waals surface area contributed by atoms with Crippen LogP contribution in [-0.2, 0) is 0 Å². The van der Waals surface area contributed by atoms with Crippen molar-refractivity contribution in [3.63, 3.8) is 0 Å². The van der Waals surface area contributed by atoms with E-state index in [1.165, 1.54) is 0 Å². The van der Waals surface area contributed by atoms with E-state index in [4.69, 9.17) is 21.1 Å². The molecule has 18 heavy (non-hydrogen) atoms. The van der Waals surface area contributed by atoms with Crippen molar-refractivity contribution in [3.8, 4) is 11.5 Å². The van der Waals surface area contributed by atoms with E-state index in [1.807, 2.05) is 36.4 Å². The van der Waals surface area contributed by atoms with E-state index in [-0.39, 0.29) is 0 Å². The van der Waals surface area contributed by atoms with Crippen LogP contribution in [0.2, 0.25) is 5.02 Å². The third kappa shape index (κ3) is 4.24. The third-order valence-electron chi connectivity index (χ3n) is 2.25. The Morgan fingerprint density at radius 2 is 1.22 bits per heavy atom. The van der Waals surface area contributed by atoms with Gasteiger partial charge in [0.25, 0.3) is 0 Å². The molecule has 0 aliphatic carbocycles. The number of rotatable bonds is 5. The highest BCUT2D eigenvalue weighted by Crippen LogP contribution is 2.17. The molecule has 0 saturated heterocycles. The van der Waals surface area contributed by atoms with Crippen LogP contribution in [0.15, 0.2) is 53.0 Å². The van der Waals surface area contributed by atoms with Crippen LogP contribution in [-0.4, -0.2) is 13.2 Å². The van der Waals surface area contributed by atoms with Crippen molar-refractivity contribution in [1.82, 2.24) is 0 Å². The Morgan fingerprint density at radius 1 is 0.778 bits per heavy atom. The van der Waals surface area contributed by atoms with Gasteiger partial charge in [0.1, 0.15) is 24.7 Å². The van der Waals surface area contributed by atoms with Crippen LogP contribution in [0.5, 0.6) is 11.5 Å². The molecule has 2 rings (SSSR count). The summed E-state index contributed by atoms with van der Waals surface area (Å²) in [6, 6.07) is 15.0. The van der Waals surface area contributed by atoms with Crippen LogP contribution in [0.3, 0.4) is 0 Å². The molecule has 2 nitrogen and oxygen atoms in total. The second-order valence-corrected chi connectivity index (χ2v) is 4.96. The predicted molar refractivity (Wildman–Crippen MR) is 76.6 cm³/mol. The Hall–Kier alpha value is -1.19. The molecule has 0 bridgehead atoms. The number of halogens is 2. The molecule has 0 saturated carbocycles. The zero-order valence-electron chi connectivity index (χ0n) is 9.61. The lowest BCUT2D eigenvalue weighted by Gasteiger charge is -2.08. The molecule has 0 aliphatic heterocycles. The minimum atomic E-state index is 0.498. The van der Waals surface area contributed by atoms with E-state index in [0.717, 1.165) is 16.0 Å². The SMILES string of the molecule is Clc1ccc(OCCOc2ccc(Br)cc2)cc1. The van der Waals surface area contributed by atoms with Gasteiger partial charge in [-0.15, -0.1) is 0 Å². The summed E-state index contributed by atoms with van der Waals surface area (Å²) in [6.07, 6.45) is 0. The van der Waals surface area contributed by atoms with E-state index in [9.17, 15) is 0 Å². The average molecular weight is 328 g/mol. The molecule has 94 valence electrons. The van der Waals surface area contributed by atoms with Crippen molar-refractivity contribution in [3.05, 3.63) is 58.0 Å². The third-order valence-corrected chi connectivity index (χ3v) is 3.03. The first-order valence-corrected chi connectivity index (χ1v) is 6.68. The molecule has 0 fully saturated rings. The van der Waals surface area contributed by atoms with E-state index >= 15 is 0 Å². The standard InChI is InChI=1S/C14H12BrClO2/c15-11-1-5-13(6-2-11)17-9-10-18-14-7-3-12(16)4-8-14/h1-8H,9-10H2. The van der Waals surface area contributed by atoms with Crippen molar-refractivity contribution in [2.45, 2.75) is 0 Å². The highest BCUT2D eigenvalue weighted by Gasteiger charge is 1.96. The second-order valence-electron chi connectivity index (χ2n) is 3.60. The van der Waals surface area contributed by atoms with Gasteiger partial charge in [0, 0.05) is 9.50 Å². The Balaban J connectivity index is 1.73. The molecule has 0 atom stereocenters. The lowest BCUT2D eigenvalue weighted by Crippen LogP contribution is -2.08. The Kier molecular flexibility index (Phi) is 4.90. The average Bonchev–Trinajstić information content (AvgIpc) is 2.39. The molecule has 0 aliphatic rings. The van der Waals surface area contributed by atoms with E-state index in [0.29, 0.717) is 18.2 Å². The summed E-state index contributed by atoms with van der Waals surface area (Å²) in [5.41, 5.74) is 0. The molecule has 0 N–H and O–H groups in total. The minimum Gasteiger partial charge on any atom is -0.490 e.